The molecule has 1 heterocycles. The van der Waals surface area contributed by atoms with Gasteiger partial charge in [0.05, 0.1) is 11.9 Å². The van der Waals surface area contributed by atoms with Crippen LogP contribution in [-0.4, -0.2) is 46.0 Å². The second-order valence-corrected chi connectivity index (χ2v) is 8.73. The van der Waals surface area contributed by atoms with Crippen molar-refractivity contribution in [3.8, 4) is 11.1 Å². The number of carboxylic acids is 1. The number of ether oxygens (including phenoxy) is 1. The molecule has 3 N–H and O–H groups in total. The second-order valence-electron chi connectivity index (χ2n) is 8.73. The van der Waals surface area contributed by atoms with Crippen LogP contribution in [0.5, 0.6) is 0 Å². The fourth-order valence-corrected chi connectivity index (χ4v) is 4.37. The van der Waals surface area contributed by atoms with Crippen molar-refractivity contribution in [1.82, 2.24) is 15.1 Å². The number of carbonyl (C=O) groups is 3. The zero-order chi connectivity index (χ0) is 24.9. The van der Waals surface area contributed by atoms with E-state index in [1.165, 1.54) is 10.9 Å². The zero-order valence-electron chi connectivity index (χ0n) is 19.7. The maximum Gasteiger partial charge on any atom is 0.411 e. The van der Waals surface area contributed by atoms with E-state index in [9.17, 15) is 14.4 Å². The van der Waals surface area contributed by atoms with Gasteiger partial charge in [-0.15, -0.1) is 0 Å². The Morgan fingerprint density at radius 2 is 1.71 bits per heavy atom. The van der Waals surface area contributed by atoms with Crippen LogP contribution in [0.25, 0.3) is 11.1 Å². The van der Waals surface area contributed by atoms with Gasteiger partial charge in [0.25, 0.3) is 5.91 Å². The number of anilines is 1. The average Bonchev–Trinajstić information content (AvgIpc) is 3.37. The second kappa shape index (κ2) is 10.4. The molecule has 2 amide bonds. The summed E-state index contributed by atoms with van der Waals surface area (Å²) >= 11 is 0. The lowest BCUT2D eigenvalue weighted by Crippen LogP contribution is -2.31. The van der Waals surface area contributed by atoms with E-state index in [1.807, 2.05) is 43.3 Å². The molecule has 0 radical (unpaired) electrons. The highest BCUT2D eigenvalue weighted by Gasteiger charge is 2.29. The van der Waals surface area contributed by atoms with E-state index in [2.05, 4.69) is 27.9 Å². The van der Waals surface area contributed by atoms with Crippen LogP contribution in [0.2, 0.25) is 0 Å². The zero-order valence-corrected chi connectivity index (χ0v) is 19.7. The van der Waals surface area contributed by atoms with Gasteiger partial charge in [-0.25, -0.2) is 4.79 Å². The van der Waals surface area contributed by atoms with Crippen molar-refractivity contribution in [3.05, 3.63) is 71.5 Å². The Morgan fingerprint density at radius 3 is 2.34 bits per heavy atom. The van der Waals surface area contributed by atoms with E-state index in [4.69, 9.17) is 9.84 Å². The number of aromatic nitrogens is 2. The van der Waals surface area contributed by atoms with Gasteiger partial charge in [-0.05, 0) is 34.6 Å². The summed E-state index contributed by atoms with van der Waals surface area (Å²) in [6.45, 7) is 2.33. The number of hydrogen-bond acceptors (Lipinski definition) is 5. The number of carbonyl (C=O) groups excluding carboxylic acids is 2. The van der Waals surface area contributed by atoms with Crippen LogP contribution in [0.15, 0.2) is 54.7 Å². The monoisotopic (exact) mass is 476 g/mol. The number of rotatable bonds is 9. The summed E-state index contributed by atoms with van der Waals surface area (Å²) in [6, 6.07) is 16.2. The highest BCUT2D eigenvalue weighted by atomic mass is 16.5. The number of nitrogens with zero attached hydrogens (tertiary/aromatic N) is 2. The quantitative estimate of drug-likeness (QED) is 0.429. The van der Waals surface area contributed by atoms with Gasteiger partial charge in [0.15, 0.2) is 0 Å². The van der Waals surface area contributed by atoms with E-state index >= 15 is 0 Å². The number of fused-ring (bicyclic) bond motifs is 3. The lowest BCUT2D eigenvalue weighted by Gasteiger charge is -2.15. The molecule has 0 saturated carbocycles. The van der Waals surface area contributed by atoms with Crippen molar-refractivity contribution in [1.29, 1.82) is 0 Å². The molecular formula is C26H28N4O5. The molecule has 1 aliphatic rings. The van der Waals surface area contributed by atoms with Crippen molar-refractivity contribution in [2.75, 3.05) is 18.5 Å². The Labute approximate surface area is 203 Å². The molecule has 182 valence electrons. The summed E-state index contributed by atoms with van der Waals surface area (Å²) in [5.74, 6) is -1.37. The van der Waals surface area contributed by atoms with Gasteiger partial charge in [-0.3, -0.25) is 19.6 Å². The number of aliphatic carboxylic acids is 1. The van der Waals surface area contributed by atoms with Gasteiger partial charge in [0.2, 0.25) is 0 Å². The Bertz CT molecular complexity index is 1210. The lowest BCUT2D eigenvalue weighted by molar-refractivity contribution is -0.137. The minimum Gasteiger partial charge on any atom is -0.481 e. The summed E-state index contributed by atoms with van der Waals surface area (Å²) in [7, 11) is 1.60. The van der Waals surface area contributed by atoms with Crippen LogP contribution in [0.3, 0.4) is 0 Å². The van der Waals surface area contributed by atoms with Crippen LogP contribution in [0.4, 0.5) is 10.5 Å². The van der Waals surface area contributed by atoms with E-state index in [0.717, 1.165) is 22.3 Å². The normalized spacial score (nSPS) is 13.0. The molecule has 0 aliphatic heterocycles. The van der Waals surface area contributed by atoms with Crippen molar-refractivity contribution in [3.63, 3.8) is 0 Å². The first-order valence-corrected chi connectivity index (χ1v) is 11.5. The fraction of sp³-hybridized carbons (Fsp3) is 0.308. The molecular weight excluding hydrogens is 448 g/mol. The molecule has 0 saturated heterocycles. The van der Waals surface area contributed by atoms with E-state index < -0.39 is 18.0 Å². The van der Waals surface area contributed by atoms with Gasteiger partial charge in [-0.2, -0.15) is 5.10 Å². The molecule has 0 spiro atoms. The number of nitrogens with one attached hydrogen (secondary N) is 2. The largest absolute Gasteiger partial charge is 0.481 e. The van der Waals surface area contributed by atoms with Crippen molar-refractivity contribution < 1.29 is 24.2 Å². The van der Waals surface area contributed by atoms with Crippen molar-refractivity contribution in [2.24, 2.45) is 13.0 Å². The summed E-state index contributed by atoms with van der Waals surface area (Å²) in [5, 5.41) is 18.3. The number of aryl methyl sites for hydroxylation is 1. The molecule has 9 heteroatoms. The molecule has 0 fully saturated rings. The third kappa shape index (κ3) is 5.34. The van der Waals surface area contributed by atoms with Crippen LogP contribution < -0.4 is 10.6 Å². The first kappa shape index (κ1) is 24.0. The summed E-state index contributed by atoms with van der Waals surface area (Å²) in [5.41, 5.74) is 4.92. The number of carboxylic acid groups (broad SMARTS) is 1. The fourth-order valence-electron chi connectivity index (χ4n) is 4.37. The predicted octanol–water partition coefficient (Wildman–Crippen LogP) is 4.01. The van der Waals surface area contributed by atoms with Gasteiger partial charge in [0, 0.05) is 25.9 Å². The number of hydrogen-bond donors (Lipinski definition) is 3. The minimum atomic E-state index is -0.871. The first-order chi connectivity index (χ1) is 16.8. The smallest absolute Gasteiger partial charge is 0.411 e. The lowest BCUT2D eigenvalue weighted by atomic mass is 9.98. The average molecular weight is 477 g/mol. The van der Waals surface area contributed by atoms with Crippen LogP contribution in [0.1, 0.15) is 47.3 Å². The Kier molecular flexibility index (Phi) is 7.14. The molecule has 9 nitrogen and oxygen atoms in total. The standard InChI is InChI=1S/C26H28N4O5/c1-16(11-12-23(31)32)13-27-25(33)24-22(14-28-30(24)2)29-26(34)35-15-21-19-9-5-3-7-17(19)18-8-4-6-10-20(18)21/h3-10,14,16,21H,11-13,15H2,1-2H3,(H,27,33)(H,29,34)(H,31,32). The molecule has 1 atom stereocenters. The third-order valence-corrected chi connectivity index (χ3v) is 6.20. The summed E-state index contributed by atoms with van der Waals surface area (Å²) in [4.78, 5) is 36.1. The van der Waals surface area contributed by atoms with Gasteiger partial charge >= 0.3 is 12.1 Å². The summed E-state index contributed by atoms with van der Waals surface area (Å²) in [6.07, 6.45) is 1.21. The molecule has 1 unspecified atom stereocenters. The molecule has 35 heavy (non-hydrogen) atoms. The van der Waals surface area contributed by atoms with Gasteiger partial charge in [-0.1, -0.05) is 55.5 Å². The Morgan fingerprint density at radius 1 is 1.09 bits per heavy atom. The SMILES string of the molecule is CC(CCC(=O)O)CNC(=O)c1c(NC(=O)OCC2c3ccccc3-c3ccccc32)cnn1C. The molecule has 2 aromatic carbocycles. The van der Waals surface area contributed by atoms with E-state index in [0.29, 0.717) is 13.0 Å². The van der Waals surface area contributed by atoms with E-state index in [-0.39, 0.29) is 36.2 Å². The van der Waals surface area contributed by atoms with Gasteiger partial charge in [0.1, 0.15) is 12.3 Å². The van der Waals surface area contributed by atoms with Crippen LogP contribution in [-0.2, 0) is 16.6 Å². The predicted molar refractivity (Wildman–Crippen MR) is 130 cm³/mol. The topological polar surface area (TPSA) is 123 Å². The van der Waals surface area contributed by atoms with Crippen LogP contribution >= 0.6 is 0 Å². The highest BCUT2D eigenvalue weighted by Crippen LogP contribution is 2.44. The molecule has 3 aromatic rings. The van der Waals surface area contributed by atoms with Crippen molar-refractivity contribution in [2.45, 2.75) is 25.7 Å². The maximum atomic E-state index is 12.7. The molecule has 4 rings (SSSR count). The van der Waals surface area contributed by atoms with Gasteiger partial charge < -0.3 is 15.2 Å². The molecule has 1 aliphatic carbocycles. The minimum absolute atomic E-state index is 0.0122. The van der Waals surface area contributed by atoms with Crippen molar-refractivity contribution >= 4 is 23.7 Å². The molecule has 1 aromatic heterocycles. The Hall–Kier alpha value is -4.14. The van der Waals surface area contributed by atoms with Crippen LogP contribution in [0, 0.1) is 5.92 Å². The first-order valence-electron chi connectivity index (χ1n) is 11.5. The molecule has 0 bridgehead atoms. The number of amides is 2. The summed E-state index contributed by atoms with van der Waals surface area (Å²) < 4.78 is 6.94. The Balaban J connectivity index is 1.37. The number of benzene rings is 2. The van der Waals surface area contributed by atoms with E-state index in [1.54, 1.807) is 7.05 Å². The highest BCUT2D eigenvalue weighted by molar-refractivity contribution is 6.01. The maximum absolute atomic E-state index is 12.7. The third-order valence-electron chi connectivity index (χ3n) is 6.20.